The van der Waals surface area contributed by atoms with Crippen molar-refractivity contribution in [2.45, 2.75) is 114 Å². The average Bonchev–Trinajstić information content (AvgIpc) is 3.30. The Balaban J connectivity index is 0.000000201. The molecule has 0 radical (unpaired) electrons. The van der Waals surface area contributed by atoms with Crippen molar-refractivity contribution in [3.8, 4) is 0 Å². The highest BCUT2D eigenvalue weighted by Gasteiger charge is 2.38. The van der Waals surface area contributed by atoms with E-state index in [-0.39, 0.29) is 53.7 Å². The van der Waals surface area contributed by atoms with E-state index in [1.807, 2.05) is 12.1 Å². The van der Waals surface area contributed by atoms with Gasteiger partial charge in [0, 0.05) is 49.4 Å². The van der Waals surface area contributed by atoms with E-state index < -0.39 is 35.3 Å². The van der Waals surface area contributed by atoms with Gasteiger partial charge >= 0.3 is 12.4 Å². The second kappa shape index (κ2) is 22.1. The Bertz CT molecular complexity index is 2350. The van der Waals surface area contributed by atoms with Crippen molar-refractivity contribution in [3.63, 3.8) is 0 Å². The van der Waals surface area contributed by atoms with Gasteiger partial charge in [-0.25, -0.2) is 0 Å². The molecule has 4 aliphatic rings. The average molecular weight is 947 g/mol. The minimum absolute atomic E-state index is 0.0338. The third-order valence-corrected chi connectivity index (χ3v) is 14.0. The number of amides is 4. The first-order valence-corrected chi connectivity index (χ1v) is 23.5. The van der Waals surface area contributed by atoms with Crippen LogP contribution in [0.25, 0.3) is 0 Å². The fraction of sp³-hybridized carbons (Fsp3) is 0.462. The molecule has 10 nitrogen and oxygen atoms in total. The quantitative estimate of drug-likeness (QED) is 0.106. The molecule has 2 aliphatic carbocycles. The first-order chi connectivity index (χ1) is 32.4. The highest BCUT2D eigenvalue weighted by Crippen LogP contribution is 2.38. The van der Waals surface area contributed by atoms with Crippen LogP contribution in [0.4, 0.5) is 26.3 Å². The summed E-state index contributed by atoms with van der Waals surface area (Å²) in [4.78, 5) is 53.8. The van der Waals surface area contributed by atoms with E-state index in [1.54, 1.807) is 6.92 Å². The number of alkyl halides is 6. The summed E-state index contributed by atoms with van der Waals surface area (Å²) in [5, 5.41) is 10.6. The van der Waals surface area contributed by atoms with Crippen LogP contribution in [-0.2, 0) is 21.9 Å². The summed E-state index contributed by atoms with van der Waals surface area (Å²) in [5.74, 6) is -0.823. The second-order valence-electron chi connectivity index (χ2n) is 18.7. The lowest BCUT2D eigenvalue weighted by atomic mass is 9.80. The largest absolute Gasteiger partial charge is 0.416 e. The molecular weight excluding hydrogens is 887 g/mol. The van der Waals surface area contributed by atoms with E-state index in [0.29, 0.717) is 29.5 Å². The first kappa shape index (κ1) is 50.1. The maximum atomic E-state index is 13.1. The highest BCUT2D eigenvalue weighted by molar-refractivity contribution is 5.98. The zero-order valence-electron chi connectivity index (χ0n) is 38.4. The molecule has 2 heterocycles. The summed E-state index contributed by atoms with van der Waals surface area (Å²) in [6, 6.07) is 28.8. The van der Waals surface area contributed by atoms with Crippen LogP contribution in [0.3, 0.4) is 0 Å². The van der Waals surface area contributed by atoms with E-state index in [9.17, 15) is 45.5 Å². The number of carbonyl (C=O) groups is 4. The molecule has 364 valence electrons. The lowest BCUT2D eigenvalue weighted by Gasteiger charge is -2.46. The maximum Gasteiger partial charge on any atom is 0.416 e. The number of nitrogens with one attached hydrogen (secondary N) is 4. The van der Waals surface area contributed by atoms with Gasteiger partial charge in [0.15, 0.2) is 0 Å². The predicted octanol–water partition coefficient (Wildman–Crippen LogP) is 8.54. The van der Waals surface area contributed by atoms with E-state index in [1.165, 1.54) is 61.9 Å². The Morgan fingerprint density at radius 1 is 0.529 bits per heavy atom. The van der Waals surface area contributed by atoms with Gasteiger partial charge in [-0.1, -0.05) is 72.8 Å². The topological polar surface area (TPSA) is 123 Å². The molecule has 4 aromatic carbocycles. The molecule has 68 heavy (non-hydrogen) atoms. The van der Waals surface area contributed by atoms with Crippen molar-refractivity contribution < 1.29 is 45.5 Å². The third kappa shape index (κ3) is 13.3. The molecule has 0 unspecified atom stereocenters. The van der Waals surface area contributed by atoms with Crippen molar-refractivity contribution in [2.24, 2.45) is 0 Å². The fourth-order valence-corrected chi connectivity index (χ4v) is 9.99. The SMILES string of the molecule is Cc1ccc(C(=O)NCC(=O)NC2CN(C3CCC(c4ccccc4)CC3)C2)cc1C(F)(F)F.Cc1ccc(C(F)(F)F)cc1C(=O)NCC(=O)NC1CN(C2CCC(c3ccccc3)CC2)C1. The second-order valence-corrected chi connectivity index (χ2v) is 18.7. The molecule has 16 heteroatoms. The minimum Gasteiger partial charge on any atom is -0.349 e. The molecule has 8 rings (SSSR count). The zero-order valence-corrected chi connectivity index (χ0v) is 38.4. The molecule has 4 amide bonds. The van der Waals surface area contributed by atoms with Crippen molar-refractivity contribution in [2.75, 3.05) is 39.3 Å². The van der Waals surface area contributed by atoms with E-state index in [2.05, 4.69) is 79.6 Å². The van der Waals surface area contributed by atoms with Crippen LogP contribution in [0.1, 0.15) is 117 Å². The number of benzene rings is 4. The van der Waals surface area contributed by atoms with Crippen LogP contribution in [0.5, 0.6) is 0 Å². The van der Waals surface area contributed by atoms with Gasteiger partial charge in [0.05, 0.1) is 36.3 Å². The van der Waals surface area contributed by atoms with E-state index in [4.69, 9.17) is 0 Å². The van der Waals surface area contributed by atoms with Crippen molar-refractivity contribution in [3.05, 3.63) is 142 Å². The number of likely N-dealkylation sites (tertiary alicyclic amines) is 2. The molecule has 0 spiro atoms. The van der Waals surface area contributed by atoms with Crippen molar-refractivity contribution >= 4 is 23.6 Å². The summed E-state index contributed by atoms with van der Waals surface area (Å²) < 4.78 is 78.0. The molecule has 2 saturated heterocycles. The normalized spacial score (nSPS) is 21.5. The minimum atomic E-state index is -4.53. The molecule has 0 bridgehead atoms. The van der Waals surface area contributed by atoms with Crippen LogP contribution in [0, 0.1) is 13.8 Å². The van der Waals surface area contributed by atoms with E-state index >= 15 is 0 Å². The maximum absolute atomic E-state index is 13.1. The summed E-state index contributed by atoms with van der Waals surface area (Å²) in [6.45, 7) is 5.50. The van der Waals surface area contributed by atoms with Gasteiger partial charge in [-0.3, -0.25) is 29.0 Å². The first-order valence-electron chi connectivity index (χ1n) is 23.5. The van der Waals surface area contributed by atoms with Gasteiger partial charge in [0.1, 0.15) is 0 Å². The number of halogens is 6. The number of carbonyl (C=O) groups excluding carboxylic acids is 4. The molecule has 0 atom stereocenters. The summed E-state index contributed by atoms with van der Waals surface area (Å²) >= 11 is 0. The van der Waals surface area contributed by atoms with Gasteiger partial charge < -0.3 is 21.3 Å². The van der Waals surface area contributed by atoms with Crippen LogP contribution >= 0.6 is 0 Å². The number of nitrogens with zero attached hydrogens (tertiary/aromatic N) is 2. The highest BCUT2D eigenvalue weighted by atomic mass is 19.4. The van der Waals surface area contributed by atoms with Crippen molar-refractivity contribution in [1.29, 1.82) is 0 Å². The Labute approximate surface area is 393 Å². The Hall–Kier alpha value is -5.74. The van der Waals surface area contributed by atoms with Gasteiger partial charge in [-0.05, 0) is 124 Å². The standard InChI is InChI=1S/2C26H30F3N3O2/c1-17-7-10-20(26(27,28)29)13-23(17)25(34)30-14-24(33)31-21-15-32(16-21)22-11-8-19(9-12-22)18-5-3-2-4-6-18;1-17-7-8-20(13-23(17)26(27,28)29)25(34)30-14-24(33)31-21-15-32(16-21)22-11-9-19(10-12-22)18-5-3-2-4-6-18/h2-7,10,13,19,21-22H,8-9,11-12,14-16H2,1H3,(H,30,34)(H,31,33);2-8,13,19,21-22H,9-12,14-16H2,1H3,(H,30,34)(H,31,33). The predicted molar refractivity (Wildman–Crippen MR) is 247 cm³/mol. The molecule has 4 aromatic rings. The summed E-state index contributed by atoms with van der Waals surface area (Å²) in [5.41, 5.74) is 1.36. The van der Waals surface area contributed by atoms with Gasteiger partial charge in [0.25, 0.3) is 11.8 Å². The molecule has 2 saturated carbocycles. The van der Waals surface area contributed by atoms with Gasteiger partial charge in [0.2, 0.25) is 11.8 Å². The van der Waals surface area contributed by atoms with Crippen LogP contribution in [0.15, 0.2) is 97.1 Å². The third-order valence-electron chi connectivity index (χ3n) is 14.0. The van der Waals surface area contributed by atoms with Crippen LogP contribution in [0.2, 0.25) is 0 Å². The fourth-order valence-electron chi connectivity index (χ4n) is 9.99. The number of rotatable bonds is 12. The molecule has 2 aliphatic heterocycles. The Kier molecular flexibility index (Phi) is 16.3. The molecule has 0 aromatic heterocycles. The van der Waals surface area contributed by atoms with Crippen molar-refractivity contribution in [1.82, 2.24) is 31.1 Å². The van der Waals surface area contributed by atoms with Crippen LogP contribution in [-0.4, -0.2) is 96.9 Å². The number of hydrogen-bond acceptors (Lipinski definition) is 6. The smallest absolute Gasteiger partial charge is 0.349 e. The zero-order chi connectivity index (χ0) is 48.6. The number of hydrogen-bond donors (Lipinski definition) is 4. The molecule has 4 N–H and O–H groups in total. The number of aryl methyl sites for hydroxylation is 2. The summed E-state index contributed by atoms with van der Waals surface area (Å²) in [6.07, 6.45) is 0.198. The molecular formula is C52H60F6N6O4. The lowest BCUT2D eigenvalue weighted by Crippen LogP contribution is -2.63. The summed E-state index contributed by atoms with van der Waals surface area (Å²) in [7, 11) is 0. The van der Waals surface area contributed by atoms with Crippen LogP contribution < -0.4 is 21.3 Å². The Morgan fingerprint density at radius 2 is 0.971 bits per heavy atom. The van der Waals surface area contributed by atoms with Gasteiger partial charge in [-0.15, -0.1) is 0 Å². The Morgan fingerprint density at radius 3 is 1.41 bits per heavy atom. The van der Waals surface area contributed by atoms with Gasteiger partial charge in [-0.2, -0.15) is 26.3 Å². The van der Waals surface area contributed by atoms with E-state index in [0.717, 1.165) is 70.1 Å². The lowest BCUT2D eigenvalue weighted by molar-refractivity contribution is -0.138. The molecule has 4 fully saturated rings. The monoisotopic (exact) mass is 946 g/mol.